The average Bonchev–Trinajstić information content (AvgIpc) is 3.13. The van der Waals surface area contributed by atoms with E-state index in [1.165, 1.54) is 73.1 Å². The number of hydrogen-bond donors (Lipinski definition) is 0. The van der Waals surface area contributed by atoms with Crippen molar-refractivity contribution in [2.24, 2.45) is 0 Å². The lowest BCUT2D eigenvalue weighted by atomic mass is 9.99. The number of benzene rings is 2. The minimum absolute atomic E-state index is 0.0118. The van der Waals surface area contributed by atoms with Crippen molar-refractivity contribution in [2.75, 3.05) is 27.4 Å². The Morgan fingerprint density at radius 3 is 1.78 bits per heavy atom. The van der Waals surface area contributed by atoms with Crippen LogP contribution in [0.25, 0.3) is 0 Å². The summed E-state index contributed by atoms with van der Waals surface area (Å²) >= 11 is 0. The first-order valence-corrected chi connectivity index (χ1v) is 18.3. The van der Waals surface area contributed by atoms with Gasteiger partial charge in [0.15, 0.2) is 59.8 Å². The summed E-state index contributed by atoms with van der Waals surface area (Å²) < 4.78 is 67.3. The molecule has 0 unspecified atom stereocenters. The van der Waals surface area contributed by atoms with Crippen molar-refractivity contribution in [3.05, 3.63) is 41.5 Å². The second-order valence-corrected chi connectivity index (χ2v) is 13.1. The minimum Gasteiger partial charge on any atom is -0.493 e. The van der Waals surface area contributed by atoms with Crippen molar-refractivity contribution in [1.82, 2.24) is 0 Å². The van der Waals surface area contributed by atoms with Gasteiger partial charge < -0.3 is 56.8 Å². The molecular formula is C40H50O19. The van der Waals surface area contributed by atoms with Gasteiger partial charge in [-0.3, -0.25) is 33.6 Å². The maximum atomic E-state index is 12.4. The third-order valence-corrected chi connectivity index (χ3v) is 8.20. The number of ether oxygens (including phenoxy) is 12. The molecule has 0 N–H and O–H groups in total. The van der Waals surface area contributed by atoms with Gasteiger partial charge in [-0.15, -0.1) is 0 Å². The Morgan fingerprint density at radius 2 is 1.22 bits per heavy atom. The summed E-state index contributed by atoms with van der Waals surface area (Å²) in [6, 6.07) is 7.49. The second-order valence-electron chi connectivity index (χ2n) is 13.1. The fraction of sp³-hybridized carbons (Fsp3) is 0.525. The monoisotopic (exact) mass is 834 g/mol. The number of carbonyl (C=O) groups is 7. The molecule has 324 valence electrons. The van der Waals surface area contributed by atoms with Crippen molar-refractivity contribution >= 4 is 41.8 Å². The maximum Gasteiger partial charge on any atom is 0.308 e. The van der Waals surface area contributed by atoms with E-state index in [0.717, 1.165) is 13.8 Å². The number of rotatable bonds is 19. The molecule has 0 amide bonds. The quantitative estimate of drug-likeness (QED) is 0.0851. The van der Waals surface area contributed by atoms with Crippen LogP contribution >= 0.6 is 0 Å². The predicted octanol–water partition coefficient (Wildman–Crippen LogP) is 3.66. The van der Waals surface area contributed by atoms with Gasteiger partial charge in [-0.1, -0.05) is 6.07 Å². The van der Waals surface area contributed by atoms with Crippen LogP contribution in [0.15, 0.2) is 30.3 Å². The fourth-order valence-corrected chi connectivity index (χ4v) is 6.03. The zero-order chi connectivity index (χ0) is 44.0. The molecule has 59 heavy (non-hydrogen) atoms. The number of methoxy groups -OCH3 is 2. The molecule has 7 atom stereocenters. The lowest BCUT2D eigenvalue weighted by molar-refractivity contribution is -0.300. The molecule has 1 saturated heterocycles. The molecule has 3 rings (SSSR count). The first-order valence-electron chi connectivity index (χ1n) is 18.3. The van der Waals surface area contributed by atoms with E-state index in [-0.39, 0.29) is 41.8 Å². The molecule has 19 heteroatoms. The molecule has 0 aliphatic carbocycles. The van der Waals surface area contributed by atoms with Gasteiger partial charge in [-0.05, 0) is 49.6 Å². The highest BCUT2D eigenvalue weighted by atomic mass is 16.7. The first-order chi connectivity index (χ1) is 27.8. The highest BCUT2D eigenvalue weighted by Crippen LogP contribution is 2.42. The van der Waals surface area contributed by atoms with Crippen LogP contribution in [-0.2, 0) is 73.1 Å². The molecule has 0 saturated carbocycles. The van der Waals surface area contributed by atoms with Gasteiger partial charge in [0.25, 0.3) is 0 Å². The number of aryl methyl sites for hydroxylation is 1. The van der Waals surface area contributed by atoms with E-state index >= 15 is 0 Å². The van der Waals surface area contributed by atoms with Crippen LogP contribution in [0.1, 0.15) is 79.0 Å². The third-order valence-electron chi connectivity index (χ3n) is 8.20. The van der Waals surface area contributed by atoms with Gasteiger partial charge in [0.1, 0.15) is 6.61 Å². The van der Waals surface area contributed by atoms with Crippen molar-refractivity contribution in [3.8, 4) is 28.7 Å². The summed E-state index contributed by atoms with van der Waals surface area (Å²) in [5.41, 5.74) is 0.873. The highest BCUT2D eigenvalue weighted by Gasteiger charge is 2.51. The number of esters is 7. The SMILES string of the molecule is COc1cc([C@H](OC(C)=O)[C@@H](COC(C)=O)Oc2c(OC)cc(CCCO[C@@H]3O[C@@H](C)[C@H](OC(C)=O)[C@@H](OC(C)=O)[C@H]3OC(C)=O)cc2OC(C)=O)ccc1OC(C)=O. The molecule has 0 spiro atoms. The largest absolute Gasteiger partial charge is 0.493 e. The van der Waals surface area contributed by atoms with E-state index in [1.807, 2.05) is 0 Å². The Balaban J connectivity index is 1.94. The first kappa shape index (κ1) is 47.4. The van der Waals surface area contributed by atoms with Crippen molar-refractivity contribution in [1.29, 1.82) is 0 Å². The molecular weight excluding hydrogens is 784 g/mol. The summed E-state index contributed by atoms with van der Waals surface area (Å²) in [4.78, 5) is 84.4. The smallest absolute Gasteiger partial charge is 0.308 e. The third kappa shape index (κ3) is 14.4. The minimum atomic E-state index is -1.28. The molecule has 1 aliphatic heterocycles. The Bertz CT molecular complexity index is 1840. The maximum absolute atomic E-state index is 12.4. The molecule has 1 fully saturated rings. The van der Waals surface area contributed by atoms with Gasteiger partial charge in [0, 0.05) is 54.0 Å². The van der Waals surface area contributed by atoms with Crippen LogP contribution in [0, 0.1) is 0 Å². The van der Waals surface area contributed by atoms with Gasteiger partial charge in [-0.25, -0.2) is 0 Å². The number of carbonyl (C=O) groups excluding carboxylic acids is 7. The van der Waals surface area contributed by atoms with E-state index in [9.17, 15) is 33.6 Å². The summed E-state index contributed by atoms with van der Waals surface area (Å²) in [5.74, 6) is -4.72. The molecule has 0 bridgehead atoms. The van der Waals surface area contributed by atoms with E-state index < -0.39 is 91.3 Å². The lowest BCUT2D eigenvalue weighted by Crippen LogP contribution is -2.61. The Labute approximate surface area is 340 Å². The van der Waals surface area contributed by atoms with Crippen LogP contribution in [0.2, 0.25) is 0 Å². The summed E-state index contributed by atoms with van der Waals surface area (Å²) in [6.45, 7) is 9.35. The van der Waals surface area contributed by atoms with Crippen LogP contribution in [-0.4, -0.2) is 106 Å². The predicted molar refractivity (Wildman–Crippen MR) is 199 cm³/mol. The van der Waals surface area contributed by atoms with Crippen molar-refractivity contribution in [3.63, 3.8) is 0 Å². The van der Waals surface area contributed by atoms with Gasteiger partial charge in [0.2, 0.25) is 5.75 Å². The lowest BCUT2D eigenvalue weighted by Gasteiger charge is -2.43. The van der Waals surface area contributed by atoms with Crippen LogP contribution in [0.4, 0.5) is 0 Å². The molecule has 2 aromatic carbocycles. The van der Waals surface area contributed by atoms with Gasteiger partial charge in [-0.2, -0.15) is 0 Å². The Morgan fingerprint density at radius 1 is 0.644 bits per heavy atom. The van der Waals surface area contributed by atoms with E-state index in [1.54, 1.807) is 13.0 Å². The molecule has 1 aliphatic rings. The molecule has 19 nitrogen and oxygen atoms in total. The molecule has 1 heterocycles. The zero-order valence-corrected chi connectivity index (χ0v) is 34.5. The summed E-state index contributed by atoms with van der Waals surface area (Å²) in [6.07, 6.45) is -7.61. The number of hydrogen-bond acceptors (Lipinski definition) is 19. The summed E-state index contributed by atoms with van der Waals surface area (Å²) in [5, 5.41) is 0. The highest BCUT2D eigenvalue weighted by molar-refractivity contribution is 5.72. The summed E-state index contributed by atoms with van der Waals surface area (Å²) in [7, 11) is 2.69. The van der Waals surface area contributed by atoms with E-state index in [0.29, 0.717) is 17.5 Å². The van der Waals surface area contributed by atoms with Crippen LogP contribution < -0.4 is 23.7 Å². The average molecular weight is 835 g/mol. The van der Waals surface area contributed by atoms with Crippen LogP contribution in [0.5, 0.6) is 28.7 Å². The Hall–Kier alpha value is -5.95. The molecule has 0 radical (unpaired) electrons. The van der Waals surface area contributed by atoms with E-state index in [4.69, 9.17) is 56.8 Å². The zero-order valence-electron chi connectivity index (χ0n) is 34.5. The second kappa shape index (κ2) is 22.3. The van der Waals surface area contributed by atoms with Crippen LogP contribution in [0.3, 0.4) is 0 Å². The van der Waals surface area contributed by atoms with E-state index in [2.05, 4.69) is 0 Å². The standard InChI is InChI=1S/C40H50O19/c1-20-35(55-24(5)44)38(57-26(7)46)39(58-27(8)47)40(52-20)50-15-11-12-28-16-32(49-10)37(33(17-28)54-23(4)43)59-34(19-51-21(2)41)36(56-25(6)45)29-13-14-30(53-22(3)42)31(18-29)48-9/h13-14,16-18,20,34-36,38-40H,11-12,15,19H2,1-10H3/t20-,34+,35-,36-,38+,39+,40+/m0/s1. The van der Waals surface area contributed by atoms with Gasteiger partial charge >= 0.3 is 41.8 Å². The topological polar surface area (TPSA) is 230 Å². The fourth-order valence-electron chi connectivity index (χ4n) is 6.03. The van der Waals surface area contributed by atoms with Crippen molar-refractivity contribution in [2.45, 2.75) is 111 Å². The van der Waals surface area contributed by atoms with Crippen molar-refractivity contribution < 1.29 is 90.4 Å². The van der Waals surface area contributed by atoms with Gasteiger partial charge in [0.05, 0.1) is 26.9 Å². The Kier molecular flexibility index (Phi) is 17.9. The molecule has 2 aromatic rings. The molecule has 0 aromatic heterocycles. The normalized spacial score (nSPS) is 19.5.